The molecule has 1 aromatic heterocycles. The monoisotopic (exact) mass is 437 g/mol. The van der Waals surface area contributed by atoms with E-state index in [0.717, 1.165) is 36.7 Å². The molecule has 1 heterocycles. The first-order chi connectivity index (χ1) is 15.7. The van der Waals surface area contributed by atoms with E-state index < -0.39 is 0 Å². The minimum atomic E-state index is 0.442. The van der Waals surface area contributed by atoms with Gasteiger partial charge in [0.05, 0.1) is 33.6 Å². The lowest BCUT2D eigenvalue weighted by molar-refractivity contribution is 0.322. The minimum absolute atomic E-state index is 0.442. The van der Waals surface area contributed by atoms with Crippen molar-refractivity contribution >= 4 is 5.96 Å². The Balaban J connectivity index is 1.62. The average molecular weight is 438 g/mol. The Labute approximate surface area is 189 Å². The van der Waals surface area contributed by atoms with Gasteiger partial charge < -0.3 is 24.8 Å². The maximum Gasteiger partial charge on any atom is 0.203 e. The van der Waals surface area contributed by atoms with Crippen molar-refractivity contribution in [3.05, 3.63) is 66.0 Å². The summed E-state index contributed by atoms with van der Waals surface area (Å²) in [5.74, 6) is 2.57. The zero-order chi connectivity index (χ0) is 22.8. The van der Waals surface area contributed by atoms with Crippen molar-refractivity contribution in [1.29, 1.82) is 0 Å². The topological polar surface area (TPSA) is 81.9 Å². The van der Waals surface area contributed by atoms with Crippen LogP contribution in [0.25, 0.3) is 5.69 Å². The summed E-state index contributed by atoms with van der Waals surface area (Å²) in [7, 11) is 4.82. The van der Waals surface area contributed by atoms with E-state index in [2.05, 4.69) is 40.0 Å². The normalized spacial score (nSPS) is 11.2. The van der Waals surface area contributed by atoms with Crippen molar-refractivity contribution in [1.82, 2.24) is 20.4 Å². The van der Waals surface area contributed by atoms with Gasteiger partial charge >= 0.3 is 0 Å². The van der Waals surface area contributed by atoms with E-state index in [-0.39, 0.29) is 0 Å². The Morgan fingerprint density at radius 3 is 2.38 bits per heavy atom. The summed E-state index contributed by atoms with van der Waals surface area (Å²) in [4.78, 5) is 4.71. The summed E-state index contributed by atoms with van der Waals surface area (Å²) in [6, 6.07) is 14.1. The SMILES string of the molecule is CCNC(=NCc1ccc(OC)c(OC)c1OC)NCCc1ccc(-n2cccn2)cc1. The van der Waals surface area contributed by atoms with Gasteiger partial charge in [0.25, 0.3) is 0 Å². The second-order valence-electron chi connectivity index (χ2n) is 6.98. The Bertz CT molecular complexity index is 1000. The average Bonchev–Trinajstić information content (AvgIpc) is 3.37. The third-order valence-corrected chi connectivity index (χ3v) is 4.95. The molecule has 0 saturated heterocycles. The molecule has 170 valence electrons. The number of benzene rings is 2. The van der Waals surface area contributed by atoms with Crippen molar-refractivity contribution in [2.24, 2.45) is 4.99 Å². The van der Waals surface area contributed by atoms with E-state index in [1.165, 1.54) is 5.56 Å². The molecule has 0 fully saturated rings. The highest BCUT2D eigenvalue weighted by Gasteiger charge is 2.15. The first-order valence-corrected chi connectivity index (χ1v) is 10.6. The number of nitrogens with one attached hydrogen (secondary N) is 2. The standard InChI is InChI=1S/C24H31N5O3/c1-5-25-24(27-17-19-9-12-21(30-2)23(32-4)22(19)31-3)26-15-13-18-7-10-20(11-8-18)29-16-6-14-28-29/h6-12,14,16H,5,13,15,17H2,1-4H3,(H2,25,26,27). The van der Waals surface area contributed by atoms with Crippen molar-refractivity contribution in [3.63, 3.8) is 0 Å². The number of aromatic nitrogens is 2. The number of guanidine groups is 1. The van der Waals surface area contributed by atoms with Gasteiger partial charge in [-0.15, -0.1) is 0 Å². The molecule has 0 aliphatic heterocycles. The highest BCUT2D eigenvalue weighted by atomic mass is 16.5. The molecule has 0 amide bonds. The maximum atomic E-state index is 5.56. The van der Waals surface area contributed by atoms with Crippen LogP contribution in [0.2, 0.25) is 0 Å². The lowest BCUT2D eigenvalue weighted by Gasteiger charge is -2.16. The van der Waals surface area contributed by atoms with Crippen molar-refractivity contribution in [3.8, 4) is 22.9 Å². The fourth-order valence-corrected chi connectivity index (χ4v) is 3.36. The number of rotatable bonds is 10. The predicted octanol–water partition coefficient (Wildman–Crippen LogP) is 3.20. The molecule has 0 aliphatic carbocycles. The van der Waals surface area contributed by atoms with Crippen molar-refractivity contribution in [2.45, 2.75) is 19.9 Å². The van der Waals surface area contributed by atoms with Gasteiger partial charge in [-0.1, -0.05) is 12.1 Å². The van der Waals surface area contributed by atoms with Crippen LogP contribution in [0.15, 0.2) is 59.9 Å². The molecular formula is C24H31N5O3. The molecule has 8 nitrogen and oxygen atoms in total. The molecule has 8 heteroatoms. The second-order valence-corrected chi connectivity index (χ2v) is 6.98. The summed E-state index contributed by atoms with van der Waals surface area (Å²) in [5, 5.41) is 10.9. The van der Waals surface area contributed by atoms with Gasteiger partial charge in [-0.3, -0.25) is 0 Å². The quantitative estimate of drug-likeness (QED) is 0.375. The molecule has 32 heavy (non-hydrogen) atoms. The molecular weight excluding hydrogens is 406 g/mol. The minimum Gasteiger partial charge on any atom is -0.493 e. The Morgan fingerprint density at radius 2 is 1.75 bits per heavy atom. The first-order valence-electron chi connectivity index (χ1n) is 10.6. The van der Waals surface area contributed by atoms with Crippen LogP contribution in [0.5, 0.6) is 17.2 Å². The summed E-state index contributed by atoms with van der Waals surface area (Å²) < 4.78 is 18.2. The summed E-state index contributed by atoms with van der Waals surface area (Å²) in [5.41, 5.74) is 3.20. The third kappa shape index (κ3) is 5.72. The molecule has 0 radical (unpaired) electrons. The molecule has 0 saturated carbocycles. The fraction of sp³-hybridized carbons (Fsp3) is 0.333. The van der Waals surface area contributed by atoms with Gasteiger partial charge in [-0.25, -0.2) is 9.67 Å². The largest absolute Gasteiger partial charge is 0.493 e. The first kappa shape index (κ1) is 23.0. The molecule has 0 atom stereocenters. The van der Waals surface area contributed by atoms with Crippen LogP contribution in [0, 0.1) is 0 Å². The van der Waals surface area contributed by atoms with Gasteiger partial charge in [-0.05, 0) is 49.2 Å². The van der Waals surface area contributed by atoms with Gasteiger partial charge in [0.15, 0.2) is 17.5 Å². The zero-order valence-corrected chi connectivity index (χ0v) is 19.1. The molecule has 3 rings (SSSR count). The number of nitrogens with zero attached hydrogens (tertiary/aromatic N) is 3. The van der Waals surface area contributed by atoms with Crippen LogP contribution < -0.4 is 24.8 Å². The third-order valence-electron chi connectivity index (χ3n) is 4.95. The van der Waals surface area contributed by atoms with Crippen LogP contribution in [0.3, 0.4) is 0 Å². The van der Waals surface area contributed by atoms with Crippen LogP contribution in [-0.2, 0) is 13.0 Å². The maximum absolute atomic E-state index is 5.56. The number of ether oxygens (including phenoxy) is 3. The van der Waals surface area contributed by atoms with E-state index in [9.17, 15) is 0 Å². The van der Waals surface area contributed by atoms with Gasteiger partial charge in [0, 0.05) is 31.0 Å². The number of methoxy groups -OCH3 is 3. The van der Waals surface area contributed by atoms with E-state index in [1.807, 2.05) is 36.0 Å². The highest BCUT2D eigenvalue weighted by Crippen LogP contribution is 2.39. The molecule has 3 aromatic rings. The highest BCUT2D eigenvalue weighted by molar-refractivity contribution is 5.79. The number of hydrogen-bond acceptors (Lipinski definition) is 5. The van der Waals surface area contributed by atoms with Crippen LogP contribution >= 0.6 is 0 Å². The lowest BCUT2D eigenvalue weighted by atomic mass is 10.1. The fourth-order valence-electron chi connectivity index (χ4n) is 3.36. The van der Waals surface area contributed by atoms with E-state index in [4.69, 9.17) is 19.2 Å². The van der Waals surface area contributed by atoms with E-state index in [0.29, 0.717) is 23.8 Å². The Kier molecular flexibility index (Phi) is 8.36. The molecule has 2 aromatic carbocycles. The van der Waals surface area contributed by atoms with Crippen LogP contribution in [-0.4, -0.2) is 50.2 Å². The summed E-state index contributed by atoms with van der Waals surface area (Å²) >= 11 is 0. The van der Waals surface area contributed by atoms with Gasteiger partial charge in [0.2, 0.25) is 5.75 Å². The van der Waals surface area contributed by atoms with E-state index in [1.54, 1.807) is 27.5 Å². The second kappa shape index (κ2) is 11.6. The summed E-state index contributed by atoms with van der Waals surface area (Å²) in [6.45, 7) is 4.02. The van der Waals surface area contributed by atoms with Gasteiger partial charge in [0.1, 0.15) is 0 Å². The zero-order valence-electron chi connectivity index (χ0n) is 19.1. The lowest BCUT2D eigenvalue weighted by Crippen LogP contribution is -2.38. The summed E-state index contributed by atoms with van der Waals surface area (Å²) in [6.07, 6.45) is 4.59. The van der Waals surface area contributed by atoms with Crippen LogP contribution in [0.1, 0.15) is 18.1 Å². The molecule has 2 N–H and O–H groups in total. The van der Waals surface area contributed by atoms with E-state index >= 15 is 0 Å². The smallest absolute Gasteiger partial charge is 0.203 e. The van der Waals surface area contributed by atoms with Crippen molar-refractivity contribution in [2.75, 3.05) is 34.4 Å². The molecule has 0 bridgehead atoms. The molecule has 0 unspecified atom stereocenters. The van der Waals surface area contributed by atoms with Gasteiger partial charge in [-0.2, -0.15) is 5.10 Å². The number of aliphatic imine (C=N–C) groups is 1. The Hall–Kier alpha value is -3.68. The molecule has 0 aliphatic rings. The van der Waals surface area contributed by atoms with Crippen LogP contribution in [0.4, 0.5) is 0 Å². The molecule has 0 spiro atoms. The van der Waals surface area contributed by atoms with Crippen molar-refractivity contribution < 1.29 is 14.2 Å². The Morgan fingerprint density at radius 1 is 0.969 bits per heavy atom. The predicted molar refractivity (Wildman–Crippen MR) is 126 cm³/mol. The number of hydrogen-bond donors (Lipinski definition) is 2.